The lowest BCUT2D eigenvalue weighted by molar-refractivity contribution is -0.419. The maximum absolute atomic E-state index is 12.1. The van der Waals surface area contributed by atoms with Crippen molar-refractivity contribution < 1.29 is 14.5 Å². The molecule has 1 unspecified atom stereocenters. The van der Waals surface area contributed by atoms with Crippen molar-refractivity contribution in [3.8, 4) is 0 Å². The second kappa shape index (κ2) is 4.75. The molecule has 1 aromatic rings. The number of rotatable bonds is 3. The van der Waals surface area contributed by atoms with Gasteiger partial charge in [0.05, 0.1) is 4.92 Å². The summed E-state index contributed by atoms with van der Waals surface area (Å²) in [5.41, 5.74) is -0.183. The van der Waals surface area contributed by atoms with Crippen molar-refractivity contribution in [2.45, 2.75) is 0 Å². The number of nitro groups is 1. The number of ketones is 2. The van der Waals surface area contributed by atoms with Crippen LogP contribution in [0.3, 0.4) is 0 Å². The number of carbonyl (C=O) groups excluding carboxylic acids is 2. The highest BCUT2D eigenvalue weighted by Crippen LogP contribution is 2.19. The molecule has 1 aliphatic carbocycles. The lowest BCUT2D eigenvalue weighted by Gasteiger charge is -2.11. The van der Waals surface area contributed by atoms with Crippen LogP contribution in [0.25, 0.3) is 0 Å². The van der Waals surface area contributed by atoms with Gasteiger partial charge >= 0.3 is 5.70 Å². The first-order chi connectivity index (χ1) is 8.61. The van der Waals surface area contributed by atoms with Crippen molar-refractivity contribution >= 4 is 11.6 Å². The van der Waals surface area contributed by atoms with E-state index in [0.717, 1.165) is 6.08 Å². The zero-order valence-electron chi connectivity index (χ0n) is 9.28. The lowest BCUT2D eigenvalue weighted by atomic mass is 9.89. The van der Waals surface area contributed by atoms with E-state index in [0.29, 0.717) is 5.56 Å². The Hall–Kier alpha value is -2.56. The van der Waals surface area contributed by atoms with Gasteiger partial charge in [0, 0.05) is 11.6 Å². The molecule has 1 atom stereocenters. The van der Waals surface area contributed by atoms with Gasteiger partial charge in [0.25, 0.3) is 0 Å². The summed E-state index contributed by atoms with van der Waals surface area (Å²) in [6.07, 6.45) is 3.85. The van der Waals surface area contributed by atoms with E-state index in [1.807, 2.05) is 0 Å². The van der Waals surface area contributed by atoms with Gasteiger partial charge in [-0.2, -0.15) is 0 Å². The highest BCUT2D eigenvalue weighted by molar-refractivity contribution is 6.17. The monoisotopic (exact) mass is 243 g/mol. The van der Waals surface area contributed by atoms with Gasteiger partial charge in [-0.3, -0.25) is 19.7 Å². The number of hydrogen-bond donors (Lipinski definition) is 0. The second-order valence-electron chi connectivity index (χ2n) is 3.77. The Morgan fingerprint density at radius 2 is 1.89 bits per heavy atom. The standard InChI is InChI=1S/C13H9NO4/c15-12(9-5-2-1-3-6-9)10-7-4-8-11(13(10)16)14(17)18/h1-8,10H. The van der Waals surface area contributed by atoms with E-state index in [1.54, 1.807) is 30.3 Å². The van der Waals surface area contributed by atoms with Crippen molar-refractivity contribution in [1.29, 1.82) is 0 Å². The summed E-state index contributed by atoms with van der Waals surface area (Å²) in [5, 5.41) is 10.6. The van der Waals surface area contributed by atoms with Gasteiger partial charge in [-0.25, -0.2) is 0 Å². The van der Waals surface area contributed by atoms with Crippen LogP contribution in [0, 0.1) is 16.0 Å². The summed E-state index contributed by atoms with van der Waals surface area (Å²) in [4.78, 5) is 33.7. The summed E-state index contributed by atoms with van der Waals surface area (Å²) in [7, 11) is 0. The molecule has 0 fully saturated rings. The maximum atomic E-state index is 12.1. The van der Waals surface area contributed by atoms with Crippen molar-refractivity contribution in [2.24, 2.45) is 5.92 Å². The molecule has 0 saturated carbocycles. The number of benzene rings is 1. The summed E-state index contributed by atoms with van der Waals surface area (Å²) in [6, 6.07) is 8.25. The Morgan fingerprint density at radius 3 is 2.50 bits per heavy atom. The Bertz CT molecular complexity index is 572. The summed E-state index contributed by atoms with van der Waals surface area (Å²) >= 11 is 0. The van der Waals surface area contributed by atoms with Crippen LogP contribution >= 0.6 is 0 Å². The zero-order valence-corrected chi connectivity index (χ0v) is 9.28. The zero-order chi connectivity index (χ0) is 13.1. The molecular weight excluding hydrogens is 234 g/mol. The number of carbonyl (C=O) groups is 2. The molecule has 0 radical (unpaired) electrons. The molecule has 90 valence electrons. The molecule has 0 aromatic heterocycles. The van der Waals surface area contributed by atoms with Crippen LogP contribution < -0.4 is 0 Å². The fraction of sp³-hybridized carbons (Fsp3) is 0.0769. The number of allylic oxidation sites excluding steroid dienone is 4. The molecule has 1 aliphatic rings. The van der Waals surface area contributed by atoms with Gasteiger partial charge in [-0.1, -0.05) is 42.5 Å². The molecule has 0 aliphatic heterocycles. The van der Waals surface area contributed by atoms with Crippen molar-refractivity contribution in [3.05, 3.63) is 69.9 Å². The van der Waals surface area contributed by atoms with E-state index < -0.39 is 28.1 Å². The normalized spacial score (nSPS) is 18.3. The largest absolute Gasteiger partial charge is 0.313 e. The smallest absolute Gasteiger partial charge is 0.293 e. The Labute approximate surface area is 103 Å². The summed E-state index contributed by atoms with van der Waals surface area (Å²) in [5.74, 6) is -2.29. The van der Waals surface area contributed by atoms with E-state index in [-0.39, 0.29) is 0 Å². The van der Waals surface area contributed by atoms with Crippen LogP contribution in [-0.2, 0) is 4.79 Å². The molecule has 0 N–H and O–H groups in total. The maximum Gasteiger partial charge on any atom is 0.313 e. The average molecular weight is 243 g/mol. The third-order valence-electron chi connectivity index (χ3n) is 2.63. The van der Waals surface area contributed by atoms with E-state index in [2.05, 4.69) is 0 Å². The first-order valence-corrected chi connectivity index (χ1v) is 5.27. The van der Waals surface area contributed by atoms with Gasteiger partial charge in [0.2, 0.25) is 5.78 Å². The van der Waals surface area contributed by atoms with Gasteiger partial charge < -0.3 is 0 Å². The van der Waals surface area contributed by atoms with Crippen LogP contribution in [0.5, 0.6) is 0 Å². The van der Waals surface area contributed by atoms with Crippen molar-refractivity contribution in [1.82, 2.24) is 0 Å². The summed E-state index contributed by atoms with van der Waals surface area (Å²) < 4.78 is 0. The molecule has 0 bridgehead atoms. The Kier molecular flexibility index (Phi) is 3.14. The van der Waals surface area contributed by atoms with Crippen LogP contribution in [0.1, 0.15) is 10.4 Å². The molecule has 0 saturated heterocycles. The predicted octanol–water partition coefficient (Wildman–Crippen LogP) is 1.78. The number of Topliss-reactive ketones (excluding diaryl/α,β-unsaturated/α-hetero) is 2. The Morgan fingerprint density at radius 1 is 1.22 bits per heavy atom. The first kappa shape index (κ1) is 11.9. The van der Waals surface area contributed by atoms with Crippen molar-refractivity contribution in [3.63, 3.8) is 0 Å². The first-order valence-electron chi connectivity index (χ1n) is 5.27. The average Bonchev–Trinajstić information content (AvgIpc) is 2.39. The molecule has 2 rings (SSSR count). The fourth-order valence-corrected chi connectivity index (χ4v) is 1.73. The topological polar surface area (TPSA) is 77.3 Å². The molecule has 5 heteroatoms. The Balaban J connectivity index is 2.29. The van der Waals surface area contributed by atoms with Crippen molar-refractivity contribution in [2.75, 3.05) is 0 Å². The van der Waals surface area contributed by atoms with Gasteiger partial charge in [-0.15, -0.1) is 0 Å². The minimum Gasteiger partial charge on any atom is -0.293 e. The van der Waals surface area contributed by atoms with Gasteiger partial charge in [-0.05, 0) is 0 Å². The van der Waals surface area contributed by atoms with E-state index in [4.69, 9.17) is 0 Å². The van der Waals surface area contributed by atoms with E-state index >= 15 is 0 Å². The fourth-order valence-electron chi connectivity index (χ4n) is 1.73. The van der Waals surface area contributed by atoms with Gasteiger partial charge in [0.15, 0.2) is 5.78 Å². The highest BCUT2D eigenvalue weighted by Gasteiger charge is 2.35. The molecule has 0 amide bonds. The molecular formula is C13H9NO4. The van der Waals surface area contributed by atoms with E-state index in [9.17, 15) is 19.7 Å². The molecule has 0 spiro atoms. The lowest BCUT2D eigenvalue weighted by Crippen LogP contribution is -2.28. The molecule has 18 heavy (non-hydrogen) atoms. The molecule has 1 aromatic carbocycles. The minimum absolute atomic E-state index is 0.366. The third kappa shape index (κ3) is 2.10. The molecule has 5 nitrogen and oxygen atoms in total. The van der Waals surface area contributed by atoms with Gasteiger partial charge in [0.1, 0.15) is 5.92 Å². The predicted molar refractivity (Wildman–Crippen MR) is 63.5 cm³/mol. The van der Waals surface area contributed by atoms with Crippen LogP contribution in [0.2, 0.25) is 0 Å². The third-order valence-corrected chi connectivity index (χ3v) is 2.63. The number of hydrogen-bond acceptors (Lipinski definition) is 4. The van der Waals surface area contributed by atoms with Crippen LogP contribution in [0.15, 0.2) is 54.3 Å². The molecule has 0 heterocycles. The SMILES string of the molecule is O=C1C([N+](=O)[O-])=CC=CC1C(=O)c1ccccc1. The highest BCUT2D eigenvalue weighted by atomic mass is 16.6. The van der Waals surface area contributed by atoms with E-state index in [1.165, 1.54) is 12.2 Å². The second-order valence-corrected chi connectivity index (χ2v) is 3.77. The quantitative estimate of drug-likeness (QED) is 0.351. The number of nitrogens with zero attached hydrogens (tertiary/aromatic N) is 1. The van der Waals surface area contributed by atoms with Crippen LogP contribution in [0.4, 0.5) is 0 Å². The summed E-state index contributed by atoms with van der Waals surface area (Å²) in [6.45, 7) is 0. The minimum atomic E-state index is -1.10. The van der Waals surface area contributed by atoms with Crippen LogP contribution in [-0.4, -0.2) is 16.5 Å².